The zero-order valence-electron chi connectivity index (χ0n) is 16.6. The van der Waals surface area contributed by atoms with E-state index in [0.717, 1.165) is 28.1 Å². The van der Waals surface area contributed by atoms with Crippen LogP contribution < -0.4 is 10.1 Å². The van der Waals surface area contributed by atoms with E-state index in [9.17, 15) is 4.79 Å². The number of amides is 1. The third-order valence-corrected chi connectivity index (χ3v) is 5.74. The van der Waals surface area contributed by atoms with Crippen molar-refractivity contribution in [2.24, 2.45) is 0 Å². The summed E-state index contributed by atoms with van der Waals surface area (Å²) in [4.78, 5) is 17.8. The Morgan fingerprint density at radius 2 is 1.68 bits per heavy atom. The van der Waals surface area contributed by atoms with E-state index in [1.54, 1.807) is 23.8 Å². The van der Waals surface area contributed by atoms with E-state index < -0.39 is 0 Å². The standard InChI is InChI=1S/C24H18N4O2S/c1-30-20-9-5-8-19(14-20)21-15-31-24-26-23(27-28(21)24)25-22(29)18-12-10-17(11-13-18)16-6-3-2-4-7-16/h2-15H,1H3,(H,25,27,29). The molecule has 0 unspecified atom stereocenters. The minimum Gasteiger partial charge on any atom is -0.497 e. The number of fused-ring (bicyclic) bond motifs is 1. The number of aromatic nitrogens is 3. The summed E-state index contributed by atoms with van der Waals surface area (Å²) in [6, 6.07) is 25.3. The van der Waals surface area contributed by atoms with Gasteiger partial charge < -0.3 is 4.74 Å². The number of carbonyl (C=O) groups is 1. The van der Waals surface area contributed by atoms with Gasteiger partial charge in [0.25, 0.3) is 11.9 Å². The maximum Gasteiger partial charge on any atom is 0.258 e. The molecule has 3 aromatic carbocycles. The van der Waals surface area contributed by atoms with Gasteiger partial charge in [-0.05, 0) is 35.4 Å². The van der Waals surface area contributed by atoms with Crippen LogP contribution in [-0.2, 0) is 0 Å². The summed E-state index contributed by atoms with van der Waals surface area (Å²) < 4.78 is 7.04. The average Bonchev–Trinajstić information content (AvgIpc) is 3.40. The molecule has 0 saturated heterocycles. The Balaban J connectivity index is 1.37. The van der Waals surface area contributed by atoms with Gasteiger partial charge in [0.1, 0.15) is 5.75 Å². The zero-order chi connectivity index (χ0) is 21.2. The Hall–Kier alpha value is -3.97. The van der Waals surface area contributed by atoms with Crippen molar-refractivity contribution in [1.29, 1.82) is 0 Å². The minimum absolute atomic E-state index is 0.249. The number of nitrogens with zero attached hydrogens (tertiary/aromatic N) is 3. The van der Waals surface area contributed by atoms with Crippen molar-refractivity contribution in [1.82, 2.24) is 14.6 Å². The number of anilines is 1. The second-order valence-electron chi connectivity index (χ2n) is 6.88. The predicted molar refractivity (Wildman–Crippen MR) is 123 cm³/mol. The molecule has 152 valence electrons. The lowest BCUT2D eigenvalue weighted by Crippen LogP contribution is -2.13. The highest BCUT2D eigenvalue weighted by molar-refractivity contribution is 7.15. The molecular weight excluding hydrogens is 408 g/mol. The summed E-state index contributed by atoms with van der Waals surface area (Å²) in [5.41, 5.74) is 4.56. The Morgan fingerprint density at radius 3 is 2.45 bits per heavy atom. The second kappa shape index (κ2) is 8.04. The maximum atomic E-state index is 12.7. The number of thiazole rings is 1. The minimum atomic E-state index is -0.249. The van der Waals surface area contributed by atoms with E-state index >= 15 is 0 Å². The van der Waals surface area contributed by atoms with Gasteiger partial charge in [-0.25, -0.2) is 4.52 Å². The summed E-state index contributed by atoms with van der Waals surface area (Å²) in [5, 5.41) is 9.26. The third kappa shape index (κ3) is 3.78. The van der Waals surface area contributed by atoms with Gasteiger partial charge in [-0.3, -0.25) is 10.1 Å². The highest BCUT2D eigenvalue weighted by atomic mass is 32.1. The number of hydrogen-bond donors (Lipinski definition) is 1. The molecule has 0 fully saturated rings. The van der Waals surface area contributed by atoms with E-state index in [-0.39, 0.29) is 11.9 Å². The molecule has 31 heavy (non-hydrogen) atoms. The summed E-state index contributed by atoms with van der Waals surface area (Å²) in [6.07, 6.45) is 0. The number of ether oxygens (including phenoxy) is 1. The van der Waals surface area contributed by atoms with Gasteiger partial charge in [0, 0.05) is 16.5 Å². The largest absolute Gasteiger partial charge is 0.497 e. The molecule has 6 nitrogen and oxygen atoms in total. The molecule has 7 heteroatoms. The summed E-state index contributed by atoms with van der Waals surface area (Å²) in [6.45, 7) is 0. The van der Waals surface area contributed by atoms with E-state index in [1.807, 2.05) is 72.1 Å². The maximum absolute atomic E-state index is 12.7. The van der Waals surface area contributed by atoms with Gasteiger partial charge >= 0.3 is 0 Å². The highest BCUT2D eigenvalue weighted by Gasteiger charge is 2.15. The van der Waals surface area contributed by atoms with Crippen LogP contribution in [0.2, 0.25) is 0 Å². The van der Waals surface area contributed by atoms with E-state index in [4.69, 9.17) is 4.74 Å². The first-order chi connectivity index (χ1) is 15.2. The van der Waals surface area contributed by atoms with Gasteiger partial charge in [0.05, 0.1) is 12.8 Å². The fraction of sp³-hybridized carbons (Fsp3) is 0.0417. The van der Waals surface area contributed by atoms with E-state index in [2.05, 4.69) is 15.4 Å². The topological polar surface area (TPSA) is 68.5 Å². The van der Waals surface area contributed by atoms with Gasteiger partial charge in [0.15, 0.2) is 0 Å². The Labute approximate surface area is 182 Å². The number of rotatable bonds is 5. The normalized spacial score (nSPS) is 10.9. The summed E-state index contributed by atoms with van der Waals surface area (Å²) in [5.74, 6) is 0.790. The van der Waals surface area contributed by atoms with Gasteiger partial charge in [-0.15, -0.1) is 16.4 Å². The molecule has 0 aliphatic rings. The molecule has 0 atom stereocenters. The van der Waals surface area contributed by atoms with Crippen LogP contribution >= 0.6 is 11.3 Å². The number of methoxy groups -OCH3 is 1. The molecule has 2 aromatic heterocycles. The molecule has 0 spiro atoms. The van der Waals surface area contributed by atoms with Crippen LogP contribution in [0.25, 0.3) is 27.3 Å². The van der Waals surface area contributed by atoms with Crippen LogP contribution in [0.5, 0.6) is 5.75 Å². The quantitative estimate of drug-likeness (QED) is 0.409. The summed E-state index contributed by atoms with van der Waals surface area (Å²) in [7, 11) is 1.64. The van der Waals surface area contributed by atoms with Crippen LogP contribution in [0.4, 0.5) is 5.95 Å². The molecule has 0 aliphatic heterocycles. The molecule has 5 rings (SSSR count). The van der Waals surface area contributed by atoms with Gasteiger partial charge in [-0.2, -0.15) is 4.98 Å². The molecule has 0 saturated carbocycles. The number of nitrogens with one attached hydrogen (secondary N) is 1. The zero-order valence-corrected chi connectivity index (χ0v) is 17.5. The van der Waals surface area contributed by atoms with Gasteiger partial charge in [-0.1, -0.05) is 54.6 Å². The van der Waals surface area contributed by atoms with Crippen LogP contribution in [0.15, 0.2) is 84.2 Å². The first-order valence-corrected chi connectivity index (χ1v) is 10.5. The SMILES string of the molecule is COc1cccc(-c2csc3nc(NC(=O)c4ccc(-c5ccccc5)cc4)nn23)c1. The molecule has 1 amide bonds. The predicted octanol–water partition coefficient (Wildman–Crippen LogP) is 5.39. The van der Waals surface area contributed by atoms with Crippen LogP contribution in [-0.4, -0.2) is 27.6 Å². The Kier molecular flexibility index (Phi) is 4.93. The van der Waals surface area contributed by atoms with Crippen molar-refractivity contribution in [2.75, 3.05) is 12.4 Å². The van der Waals surface area contributed by atoms with Crippen molar-refractivity contribution in [3.63, 3.8) is 0 Å². The monoisotopic (exact) mass is 426 g/mol. The fourth-order valence-electron chi connectivity index (χ4n) is 3.33. The van der Waals surface area contributed by atoms with Crippen molar-refractivity contribution < 1.29 is 9.53 Å². The third-order valence-electron chi connectivity index (χ3n) is 4.93. The lowest BCUT2D eigenvalue weighted by atomic mass is 10.0. The van der Waals surface area contributed by atoms with E-state index in [1.165, 1.54) is 11.3 Å². The number of benzene rings is 3. The van der Waals surface area contributed by atoms with Crippen LogP contribution in [0, 0.1) is 0 Å². The molecular formula is C24H18N4O2S. The average molecular weight is 427 g/mol. The Bertz CT molecular complexity index is 1360. The first-order valence-electron chi connectivity index (χ1n) is 9.67. The van der Waals surface area contributed by atoms with Crippen molar-refractivity contribution in [2.45, 2.75) is 0 Å². The molecule has 0 bridgehead atoms. The van der Waals surface area contributed by atoms with Crippen LogP contribution in [0.1, 0.15) is 10.4 Å². The lowest BCUT2D eigenvalue weighted by Gasteiger charge is -2.04. The number of hydrogen-bond acceptors (Lipinski definition) is 5. The fourth-order valence-corrected chi connectivity index (χ4v) is 4.16. The first kappa shape index (κ1) is 19.0. The highest BCUT2D eigenvalue weighted by Crippen LogP contribution is 2.28. The van der Waals surface area contributed by atoms with Crippen molar-refractivity contribution in [3.05, 3.63) is 89.8 Å². The smallest absolute Gasteiger partial charge is 0.258 e. The molecule has 2 heterocycles. The van der Waals surface area contributed by atoms with Crippen LogP contribution in [0.3, 0.4) is 0 Å². The van der Waals surface area contributed by atoms with Crippen molar-refractivity contribution in [3.8, 4) is 28.1 Å². The van der Waals surface area contributed by atoms with Crippen molar-refractivity contribution >= 4 is 28.2 Å². The lowest BCUT2D eigenvalue weighted by molar-refractivity contribution is 0.102. The molecule has 0 aliphatic carbocycles. The van der Waals surface area contributed by atoms with E-state index in [0.29, 0.717) is 10.5 Å². The second-order valence-corrected chi connectivity index (χ2v) is 7.72. The molecule has 1 N–H and O–H groups in total. The molecule has 0 radical (unpaired) electrons. The Morgan fingerprint density at radius 1 is 0.935 bits per heavy atom. The van der Waals surface area contributed by atoms with Gasteiger partial charge in [0.2, 0.25) is 4.96 Å². The number of carbonyl (C=O) groups excluding carboxylic acids is 1. The summed E-state index contributed by atoms with van der Waals surface area (Å²) >= 11 is 1.46. The molecule has 5 aromatic rings.